The quantitative estimate of drug-likeness (QED) is 0.835. The lowest BCUT2D eigenvalue weighted by molar-refractivity contribution is -0.148. The number of pyridine rings is 1. The minimum atomic E-state index is -4.52. The van der Waals surface area contributed by atoms with Gasteiger partial charge < -0.3 is 9.64 Å². The van der Waals surface area contributed by atoms with E-state index in [9.17, 15) is 18.0 Å². The van der Waals surface area contributed by atoms with Crippen LogP contribution in [0.5, 0.6) is 5.75 Å². The fourth-order valence-electron chi connectivity index (χ4n) is 3.41. The molecule has 0 N–H and O–H groups in total. The fraction of sp³-hybridized carbons (Fsp3) is 0.471. The smallest absolute Gasteiger partial charge is 0.421 e. The van der Waals surface area contributed by atoms with Crippen LogP contribution in [-0.4, -0.2) is 44.8 Å². The van der Waals surface area contributed by atoms with E-state index in [2.05, 4.69) is 10.1 Å². The van der Waals surface area contributed by atoms with Crippen molar-refractivity contribution < 1.29 is 22.7 Å². The summed E-state index contributed by atoms with van der Waals surface area (Å²) in [4.78, 5) is 17.7. The summed E-state index contributed by atoms with van der Waals surface area (Å²) < 4.78 is 46.3. The number of hydrogen-bond acceptors (Lipinski definition) is 4. The summed E-state index contributed by atoms with van der Waals surface area (Å²) in [6.07, 6.45) is 0.147. The second-order valence-corrected chi connectivity index (χ2v) is 6.59. The maximum Gasteiger partial charge on any atom is 0.421 e. The number of fused-ring (bicyclic) bond motifs is 1. The number of ether oxygens (including phenoxy) is 1. The van der Waals surface area contributed by atoms with Gasteiger partial charge in [-0.3, -0.25) is 14.5 Å². The highest BCUT2D eigenvalue weighted by molar-refractivity contribution is 5.80. The molecule has 9 heteroatoms. The van der Waals surface area contributed by atoms with Crippen LogP contribution < -0.4 is 4.74 Å². The molecule has 0 saturated carbocycles. The van der Waals surface area contributed by atoms with Crippen LogP contribution in [0.4, 0.5) is 13.2 Å². The Labute approximate surface area is 147 Å². The Kier molecular flexibility index (Phi) is 4.08. The summed E-state index contributed by atoms with van der Waals surface area (Å²) in [5.74, 6) is -0.318. The summed E-state index contributed by atoms with van der Waals surface area (Å²) in [7, 11) is 0. The van der Waals surface area contributed by atoms with Crippen molar-refractivity contribution in [3.8, 4) is 5.75 Å². The molecule has 0 bridgehead atoms. The molecule has 1 atom stereocenters. The van der Waals surface area contributed by atoms with Gasteiger partial charge in [0.25, 0.3) is 0 Å². The second-order valence-electron chi connectivity index (χ2n) is 6.59. The third-order valence-corrected chi connectivity index (χ3v) is 4.84. The van der Waals surface area contributed by atoms with Crippen LogP contribution in [0.1, 0.15) is 17.7 Å². The number of alkyl halides is 3. The minimum absolute atomic E-state index is 0.0306. The summed E-state index contributed by atoms with van der Waals surface area (Å²) in [6.45, 7) is 1.31. The zero-order chi connectivity index (χ0) is 18.3. The van der Waals surface area contributed by atoms with E-state index in [1.807, 2.05) is 10.7 Å². The summed E-state index contributed by atoms with van der Waals surface area (Å²) in [6, 6.07) is 3.11. The predicted octanol–water partition coefficient (Wildman–Crippen LogP) is 2.15. The molecule has 2 aromatic rings. The number of amides is 1. The largest absolute Gasteiger partial charge is 0.486 e. The third kappa shape index (κ3) is 3.13. The van der Waals surface area contributed by atoms with E-state index in [1.165, 1.54) is 12.3 Å². The average Bonchev–Trinajstić information content (AvgIpc) is 3.04. The second kappa shape index (κ2) is 6.30. The van der Waals surface area contributed by atoms with Crippen LogP contribution in [0.2, 0.25) is 0 Å². The molecule has 0 spiro atoms. The summed E-state index contributed by atoms with van der Waals surface area (Å²) in [5, 5.41) is 4.19. The van der Waals surface area contributed by atoms with Crippen LogP contribution in [0, 0.1) is 5.92 Å². The monoisotopic (exact) mass is 366 g/mol. The van der Waals surface area contributed by atoms with Gasteiger partial charge in [-0.15, -0.1) is 0 Å². The topological polar surface area (TPSA) is 60.2 Å². The van der Waals surface area contributed by atoms with E-state index >= 15 is 0 Å². The molecule has 1 saturated heterocycles. The number of likely N-dealkylation sites (tertiary alicyclic amines) is 1. The minimum Gasteiger partial charge on any atom is -0.486 e. The third-order valence-electron chi connectivity index (χ3n) is 4.84. The first-order chi connectivity index (χ1) is 12.4. The SMILES string of the molecule is O=C(C1CCn2nccc2C1)N1CC(Oc2ccncc2C(F)(F)F)C1. The molecule has 0 aromatic carbocycles. The molecule has 1 amide bonds. The Morgan fingerprint density at radius 1 is 1.23 bits per heavy atom. The predicted molar refractivity (Wildman–Crippen MR) is 84.3 cm³/mol. The highest BCUT2D eigenvalue weighted by Gasteiger charge is 2.39. The van der Waals surface area contributed by atoms with E-state index < -0.39 is 17.8 Å². The van der Waals surface area contributed by atoms with Crippen molar-refractivity contribution in [3.63, 3.8) is 0 Å². The van der Waals surface area contributed by atoms with Crippen molar-refractivity contribution in [2.75, 3.05) is 13.1 Å². The molecular weight excluding hydrogens is 349 g/mol. The van der Waals surface area contributed by atoms with Crippen molar-refractivity contribution >= 4 is 5.91 Å². The molecule has 0 radical (unpaired) electrons. The van der Waals surface area contributed by atoms with Gasteiger partial charge in [0.05, 0.1) is 13.1 Å². The van der Waals surface area contributed by atoms with E-state index in [0.29, 0.717) is 26.1 Å². The van der Waals surface area contributed by atoms with Gasteiger partial charge in [-0.05, 0) is 18.6 Å². The van der Waals surface area contributed by atoms with Crippen molar-refractivity contribution in [1.29, 1.82) is 0 Å². The van der Waals surface area contributed by atoms with E-state index in [1.54, 1.807) is 11.1 Å². The Balaban J connectivity index is 1.34. The first kappa shape index (κ1) is 16.9. The van der Waals surface area contributed by atoms with Crippen molar-refractivity contribution in [1.82, 2.24) is 19.7 Å². The summed E-state index contributed by atoms with van der Waals surface area (Å²) in [5.41, 5.74) is 0.139. The van der Waals surface area contributed by atoms with Crippen LogP contribution in [0.15, 0.2) is 30.7 Å². The first-order valence-electron chi connectivity index (χ1n) is 8.39. The van der Waals surface area contributed by atoms with Crippen LogP contribution >= 0.6 is 0 Å². The molecule has 4 heterocycles. The van der Waals surface area contributed by atoms with Crippen molar-refractivity contribution in [2.45, 2.75) is 31.7 Å². The van der Waals surface area contributed by atoms with Crippen molar-refractivity contribution in [2.24, 2.45) is 5.92 Å². The summed E-state index contributed by atoms with van der Waals surface area (Å²) >= 11 is 0. The molecule has 2 aliphatic heterocycles. The molecule has 0 aliphatic carbocycles. The number of carbonyl (C=O) groups excluding carboxylic acids is 1. The van der Waals surface area contributed by atoms with Gasteiger partial charge in [0.1, 0.15) is 17.4 Å². The number of carbonyl (C=O) groups is 1. The number of nitrogens with zero attached hydrogens (tertiary/aromatic N) is 4. The number of rotatable bonds is 3. The Hall–Kier alpha value is -2.58. The average molecular weight is 366 g/mol. The molecule has 4 rings (SSSR count). The Bertz CT molecular complexity index is 814. The van der Waals surface area contributed by atoms with Gasteiger partial charge in [-0.2, -0.15) is 18.3 Å². The zero-order valence-electron chi connectivity index (χ0n) is 13.8. The lowest BCUT2D eigenvalue weighted by Gasteiger charge is -2.41. The molecule has 2 aromatic heterocycles. The van der Waals surface area contributed by atoms with Crippen LogP contribution in [0.3, 0.4) is 0 Å². The maximum atomic E-state index is 13.0. The fourth-order valence-corrected chi connectivity index (χ4v) is 3.41. The molecule has 1 fully saturated rings. The molecule has 2 aliphatic rings. The van der Waals surface area contributed by atoms with Gasteiger partial charge in [-0.25, -0.2) is 0 Å². The normalized spacial score (nSPS) is 20.4. The standard InChI is InChI=1S/C17H17F3N4O2/c18-17(19,20)14-8-21-4-2-15(14)26-13-9-23(10-13)16(25)11-3-6-24-12(7-11)1-5-22-24/h1-2,4-5,8,11,13H,3,6-7,9-10H2. The van der Waals surface area contributed by atoms with Gasteiger partial charge in [0.2, 0.25) is 5.91 Å². The highest BCUT2D eigenvalue weighted by Crippen LogP contribution is 2.36. The number of hydrogen-bond donors (Lipinski definition) is 0. The van der Waals surface area contributed by atoms with E-state index in [4.69, 9.17) is 4.74 Å². The van der Waals surface area contributed by atoms with E-state index in [0.717, 1.165) is 18.3 Å². The molecule has 1 unspecified atom stereocenters. The van der Waals surface area contributed by atoms with Gasteiger partial charge in [-0.1, -0.05) is 0 Å². The number of aromatic nitrogens is 3. The molecular formula is C17H17F3N4O2. The number of aryl methyl sites for hydroxylation is 1. The van der Waals surface area contributed by atoms with Crippen LogP contribution in [-0.2, 0) is 23.9 Å². The molecule has 6 nitrogen and oxygen atoms in total. The van der Waals surface area contributed by atoms with Gasteiger partial charge >= 0.3 is 6.18 Å². The Morgan fingerprint density at radius 2 is 2.04 bits per heavy atom. The lowest BCUT2D eigenvalue weighted by atomic mass is 9.93. The first-order valence-corrected chi connectivity index (χ1v) is 8.39. The zero-order valence-corrected chi connectivity index (χ0v) is 13.8. The van der Waals surface area contributed by atoms with E-state index in [-0.39, 0.29) is 17.6 Å². The highest BCUT2D eigenvalue weighted by atomic mass is 19.4. The molecule has 138 valence electrons. The molecule has 26 heavy (non-hydrogen) atoms. The maximum absolute atomic E-state index is 13.0. The van der Waals surface area contributed by atoms with Crippen LogP contribution in [0.25, 0.3) is 0 Å². The number of halogens is 3. The van der Waals surface area contributed by atoms with Gasteiger partial charge in [0.15, 0.2) is 0 Å². The Morgan fingerprint density at radius 3 is 2.81 bits per heavy atom. The van der Waals surface area contributed by atoms with Crippen molar-refractivity contribution in [3.05, 3.63) is 42.0 Å². The van der Waals surface area contributed by atoms with Gasteiger partial charge in [0, 0.05) is 43.2 Å². The lowest BCUT2D eigenvalue weighted by Crippen LogP contribution is -2.58.